The van der Waals surface area contributed by atoms with Crippen LogP contribution in [0.5, 0.6) is 0 Å². The Bertz CT molecular complexity index is 568. The number of benzene rings is 1. The van der Waals surface area contributed by atoms with Crippen LogP contribution in [0.15, 0.2) is 24.3 Å². The van der Waals surface area contributed by atoms with Gasteiger partial charge in [-0.3, -0.25) is 0 Å². The highest BCUT2D eigenvalue weighted by Gasteiger charge is 2.38. The fraction of sp³-hybridized carbons (Fsp3) is 0.357. The molecule has 1 N–H and O–H groups in total. The monoisotopic (exact) mass is 319 g/mol. The van der Waals surface area contributed by atoms with E-state index < -0.39 is 18.7 Å². The van der Waals surface area contributed by atoms with Gasteiger partial charge in [0.05, 0.1) is 0 Å². The molecule has 1 aromatic rings. The van der Waals surface area contributed by atoms with Crippen LogP contribution in [0.4, 0.5) is 18.9 Å². The SMILES string of the molecule is O=C(O)/C=C/c1ccc(Cl)cc1N(CC(F)(F)F)C1CC1. The third-order valence-corrected chi connectivity index (χ3v) is 3.28. The van der Waals surface area contributed by atoms with Gasteiger partial charge in [0, 0.05) is 22.8 Å². The van der Waals surface area contributed by atoms with Crippen molar-refractivity contribution in [2.24, 2.45) is 0 Å². The summed E-state index contributed by atoms with van der Waals surface area (Å²) in [5.74, 6) is -1.16. The normalized spacial score (nSPS) is 15.4. The second-order valence-electron chi connectivity index (χ2n) is 4.85. The van der Waals surface area contributed by atoms with Crippen LogP contribution in [0.1, 0.15) is 18.4 Å². The molecule has 0 bridgehead atoms. The highest BCUT2D eigenvalue weighted by molar-refractivity contribution is 6.31. The third-order valence-electron chi connectivity index (χ3n) is 3.04. The molecule has 114 valence electrons. The van der Waals surface area contributed by atoms with Crippen molar-refractivity contribution in [3.63, 3.8) is 0 Å². The van der Waals surface area contributed by atoms with E-state index in [1.165, 1.54) is 29.2 Å². The topological polar surface area (TPSA) is 40.5 Å². The summed E-state index contributed by atoms with van der Waals surface area (Å²) in [4.78, 5) is 11.8. The molecule has 0 aliphatic heterocycles. The number of rotatable bonds is 5. The van der Waals surface area contributed by atoms with Crippen molar-refractivity contribution in [1.29, 1.82) is 0 Å². The van der Waals surface area contributed by atoms with Crippen LogP contribution in [0.2, 0.25) is 5.02 Å². The maximum absolute atomic E-state index is 12.7. The second kappa shape index (κ2) is 5.97. The molecule has 0 unspecified atom stereocenters. The zero-order valence-corrected chi connectivity index (χ0v) is 11.7. The van der Waals surface area contributed by atoms with Crippen LogP contribution in [0, 0.1) is 0 Å². The molecule has 1 fully saturated rings. The first-order valence-electron chi connectivity index (χ1n) is 6.30. The lowest BCUT2D eigenvalue weighted by molar-refractivity contribution is -0.131. The van der Waals surface area contributed by atoms with Gasteiger partial charge in [0.1, 0.15) is 6.54 Å². The summed E-state index contributed by atoms with van der Waals surface area (Å²) >= 11 is 5.87. The standard InChI is InChI=1S/C14H13ClF3NO2/c15-10-3-1-9(2-6-13(20)21)12(7-10)19(11-4-5-11)8-14(16,17)18/h1-3,6-7,11H,4-5,8H2,(H,20,21)/b6-2+. The van der Waals surface area contributed by atoms with Gasteiger partial charge >= 0.3 is 12.1 Å². The molecule has 0 amide bonds. The van der Waals surface area contributed by atoms with Gasteiger partial charge in [0.15, 0.2) is 0 Å². The summed E-state index contributed by atoms with van der Waals surface area (Å²) in [5.41, 5.74) is 0.706. The molecule has 7 heteroatoms. The van der Waals surface area contributed by atoms with Crippen molar-refractivity contribution in [3.05, 3.63) is 34.9 Å². The molecule has 1 aromatic carbocycles. The Hall–Kier alpha value is -1.69. The average Bonchev–Trinajstić information content (AvgIpc) is 3.17. The smallest absolute Gasteiger partial charge is 0.405 e. The molecule has 0 atom stereocenters. The summed E-state index contributed by atoms with van der Waals surface area (Å²) in [6.45, 7) is -1.08. The molecule has 0 saturated heterocycles. The van der Waals surface area contributed by atoms with Gasteiger partial charge in [-0.2, -0.15) is 13.2 Å². The fourth-order valence-corrected chi connectivity index (χ4v) is 2.22. The lowest BCUT2D eigenvalue weighted by Crippen LogP contribution is -2.36. The van der Waals surface area contributed by atoms with E-state index in [-0.39, 0.29) is 6.04 Å². The Labute approximate surface area is 124 Å². The number of hydrogen-bond acceptors (Lipinski definition) is 2. The van der Waals surface area contributed by atoms with Gasteiger partial charge < -0.3 is 10.0 Å². The number of aliphatic carboxylic acids is 1. The maximum atomic E-state index is 12.7. The van der Waals surface area contributed by atoms with Crippen molar-refractivity contribution in [2.75, 3.05) is 11.4 Å². The van der Waals surface area contributed by atoms with Crippen molar-refractivity contribution in [1.82, 2.24) is 0 Å². The molecule has 0 heterocycles. The minimum Gasteiger partial charge on any atom is -0.478 e. The zero-order chi connectivity index (χ0) is 15.6. The molecular weight excluding hydrogens is 307 g/mol. The molecular formula is C14H13ClF3NO2. The predicted octanol–water partition coefficient (Wildman–Crippen LogP) is 3.97. The molecule has 1 saturated carbocycles. The Morgan fingerprint density at radius 1 is 1.43 bits per heavy atom. The Morgan fingerprint density at radius 2 is 2.10 bits per heavy atom. The average molecular weight is 320 g/mol. The lowest BCUT2D eigenvalue weighted by atomic mass is 10.1. The molecule has 21 heavy (non-hydrogen) atoms. The fourth-order valence-electron chi connectivity index (χ4n) is 2.06. The summed E-state index contributed by atoms with van der Waals surface area (Å²) in [6.07, 6.45) is -0.792. The summed E-state index contributed by atoms with van der Waals surface area (Å²) in [5, 5.41) is 8.97. The quantitative estimate of drug-likeness (QED) is 0.835. The van der Waals surface area contributed by atoms with E-state index in [0.29, 0.717) is 29.1 Å². The predicted molar refractivity (Wildman–Crippen MR) is 74.5 cm³/mol. The summed E-state index contributed by atoms with van der Waals surface area (Å²) in [7, 11) is 0. The van der Waals surface area contributed by atoms with Gasteiger partial charge in [-0.1, -0.05) is 17.7 Å². The first-order chi connectivity index (χ1) is 9.76. The minimum atomic E-state index is -4.33. The van der Waals surface area contributed by atoms with Crippen LogP contribution in [-0.4, -0.2) is 29.8 Å². The zero-order valence-electron chi connectivity index (χ0n) is 10.9. The van der Waals surface area contributed by atoms with Gasteiger partial charge in [-0.25, -0.2) is 4.79 Å². The lowest BCUT2D eigenvalue weighted by Gasteiger charge is -2.27. The van der Waals surface area contributed by atoms with E-state index in [1.807, 2.05) is 0 Å². The minimum absolute atomic E-state index is 0.179. The highest BCUT2D eigenvalue weighted by atomic mass is 35.5. The van der Waals surface area contributed by atoms with Gasteiger partial charge in [-0.05, 0) is 36.6 Å². The van der Waals surface area contributed by atoms with Crippen LogP contribution >= 0.6 is 11.6 Å². The number of anilines is 1. The number of carboxylic acid groups (broad SMARTS) is 1. The molecule has 3 nitrogen and oxygen atoms in total. The van der Waals surface area contributed by atoms with E-state index in [1.54, 1.807) is 0 Å². The molecule has 1 aliphatic rings. The number of carbonyl (C=O) groups is 1. The largest absolute Gasteiger partial charge is 0.478 e. The van der Waals surface area contributed by atoms with Crippen LogP contribution in [0.3, 0.4) is 0 Å². The van der Waals surface area contributed by atoms with Crippen molar-refractivity contribution >= 4 is 29.3 Å². The van der Waals surface area contributed by atoms with Gasteiger partial charge in [-0.15, -0.1) is 0 Å². The maximum Gasteiger partial charge on any atom is 0.405 e. The van der Waals surface area contributed by atoms with Crippen LogP contribution < -0.4 is 4.90 Å². The Balaban J connectivity index is 2.38. The molecule has 0 aromatic heterocycles. The third kappa shape index (κ3) is 4.67. The number of carboxylic acids is 1. The van der Waals surface area contributed by atoms with Crippen LogP contribution in [-0.2, 0) is 4.79 Å². The summed E-state index contributed by atoms with van der Waals surface area (Å²) in [6, 6.07) is 4.29. The van der Waals surface area contributed by atoms with E-state index in [9.17, 15) is 18.0 Å². The van der Waals surface area contributed by atoms with E-state index >= 15 is 0 Å². The van der Waals surface area contributed by atoms with E-state index in [2.05, 4.69) is 0 Å². The molecule has 2 rings (SSSR count). The first-order valence-corrected chi connectivity index (χ1v) is 6.68. The summed E-state index contributed by atoms with van der Waals surface area (Å²) < 4.78 is 38.2. The van der Waals surface area contributed by atoms with Crippen molar-refractivity contribution in [2.45, 2.75) is 25.1 Å². The highest BCUT2D eigenvalue weighted by Crippen LogP contribution is 2.37. The number of hydrogen-bond donors (Lipinski definition) is 1. The molecule has 0 radical (unpaired) electrons. The molecule has 1 aliphatic carbocycles. The van der Waals surface area contributed by atoms with Gasteiger partial charge in [0.25, 0.3) is 0 Å². The van der Waals surface area contributed by atoms with Crippen molar-refractivity contribution < 1.29 is 23.1 Å². The number of nitrogens with zero attached hydrogens (tertiary/aromatic N) is 1. The second-order valence-corrected chi connectivity index (χ2v) is 5.29. The van der Waals surface area contributed by atoms with Crippen molar-refractivity contribution in [3.8, 4) is 0 Å². The van der Waals surface area contributed by atoms with Gasteiger partial charge in [0.2, 0.25) is 0 Å². The molecule has 0 spiro atoms. The van der Waals surface area contributed by atoms with Crippen LogP contribution in [0.25, 0.3) is 6.08 Å². The van der Waals surface area contributed by atoms with E-state index in [4.69, 9.17) is 16.7 Å². The number of halogens is 4. The Morgan fingerprint density at radius 3 is 2.62 bits per heavy atom. The first kappa shape index (κ1) is 15.7. The Kier molecular flexibility index (Phi) is 4.46. The number of alkyl halides is 3. The van der Waals surface area contributed by atoms with E-state index in [0.717, 1.165) is 6.08 Å².